The van der Waals surface area contributed by atoms with Gasteiger partial charge in [-0.05, 0) is 47.1 Å². The molecule has 0 radical (unpaired) electrons. The molecule has 1 atom stereocenters. The molecule has 1 aromatic rings. The molecule has 0 fully saturated rings. The van der Waals surface area contributed by atoms with Gasteiger partial charge in [0.1, 0.15) is 6.73 Å². The van der Waals surface area contributed by atoms with Crippen LogP contribution in [0, 0.1) is 15.5 Å². The largest absolute Gasteiger partial charge is 0.466 e. The Bertz CT molecular complexity index is 1100. The average molecular weight is 505 g/mol. The summed E-state index contributed by atoms with van der Waals surface area (Å²) < 4.78 is 20.9. The van der Waals surface area contributed by atoms with E-state index in [2.05, 4.69) is 0 Å². The third kappa shape index (κ3) is 6.28. The quantitative estimate of drug-likeness (QED) is 0.211. The molecule has 196 valence electrons. The fourth-order valence-corrected chi connectivity index (χ4v) is 3.70. The number of rotatable bonds is 9. The fraction of sp³-hybridized carbons (Fsp3) is 0.480. The summed E-state index contributed by atoms with van der Waals surface area (Å²) in [5.41, 5.74) is 0.310. The topological polar surface area (TPSA) is 135 Å². The summed E-state index contributed by atoms with van der Waals surface area (Å²) in [7, 11) is 1.20. The molecule has 1 aromatic carbocycles. The van der Waals surface area contributed by atoms with Gasteiger partial charge in [0.2, 0.25) is 6.79 Å². The third-order valence-electron chi connectivity index (χ3n) is 5.62. The molecule has 0 amide bonds. The van der Waals surface area contributed by atoms with Crippen molar-refractivity contribution in [2.24, 2.45) is 5.41 Å². The van der Waals surface area contributed by atoms with Crippen LogP contribution >= 0.6 is 0 Å². The molecule has 0 saturated heterocycles. The number of hydrogen-bond donors (Lipinski definition) is 0. The van der Waals surface area contributed by atoms with Crippen LogP contribution in [0.1, 0.15) is 53.0 Å². The summed E-state index contributed by atoms with van der Waals surface area (Å²) in [4.78, 5) is 50.9. The van der Waals surface area contributed by atoms with Crippen molar-refractivity contribution in [1.82, 2.24) is 4.90 Å². The number of carbonyl (C=O) groups excluding carboxylic acids is 3. The van der Waals surface area contributed by atoms with Gasteiger partial charge in [-0.2, -0.15) is 0 Å². The number of carbonyl (C=O) groups is 3. The molecule has 1 aliphatic heterocycles. The van der Waals surface area contributed by atoms with Crippen molar-refractivity contribution in [2.45, 2.75) is 47.5 Å². The third-order valence-corrected chi connectivity index (χ3v) is 5.62. The van der Waals surface area contributed by atoms with Crippen LogP contribution in [0.5, 0.6) is 0 Å². The van der Waals surface area contributed by atoms with E-state index in [-0.39, 0.29) is 23.6 Å². The molecule has 0 aliphatic carbocycles. The fourth-order valence-electron chi connectivity index (χ4n) is 3.70. The molecule has 1 heterocycles. The molecule has 0 N–H and O–H groups in total. The van der Waals surface area contributed by atoms with Crippen LogP contribution in [0.3, 0.4) is 0 Å². The van der Waals surface area contributed by atoms with Gasteiger partial charge < -0.3 is 23.8 Å². The van der Waals surface area contributed by atoms with E-state index >= 15 is 0 Å². The second-order valence-electron chi connectivity index (χ2n) is 9.06. The van der Waals surface area contributed by atoms with Gasteiger partial charge in [0.05, 0.1) is 34.5 Å². The molecule has 0 saturated carbocycles. The van der Waals surface area contributed by atoms with E-state index in [9.17, 15) is 24.5 Å². The van der Waals surface area contributed by atoms with Crippen LogP contribution in [-0.4, -0.2) is 55.0 Å². The zero-order chi connectivity index (χ0) is 27.2. The standard InChI is InChI=1S/C25H32N2O9/c1-8-34-13-26-15(2)19(22(28)33-7)21(17-10-9-11-18(12-17)27(31)32)20(16(26)3)23(29)35-14-36-24(30)25(4,5)6/h9-12,21H,8,13-14H2,1-7H3. The number of nitro groups is 1. The highest BCUT2D eigenvalue weighted by atomic mass is 16.7. The number of benzene rings is 1. The van der Waals surface area contributed by atoms with Crippen molar-refractivity contribution >= 4 is 23.6 Å². The van der Waals surface area contributed by atoms with E-state index in [4.69, 9.17) is 18.9 Å². The highest BCUT2D eigenvalue weighted by Gasteiger charge is 2.41. The summed E-state index contributed by atoms with van der Waals surface area (Å²) in [6.07, 6.45) is 0. The van der Waals surface area contributed by atoms with Gasteiger partial charge >= 0.3 is 17.9 Å². The number of esters is 3. The van der Waals surface area contributed by atoms with Crippen LogP contribution in [0.25, 0.3) is 0 Å². The molecule has 0 aromatic heterocycles. The van der Waals surface area contributed by atoms with Gasteiger partial charge in [0.15, 0.2) is 0 Å². The zero-order valence-corrected chi connectivity index (χ0v) is 21.6. The number of non-ortho nitro benzene ring substituents is 1. The summed E-state index contributed by atoms with van der Waals surface area (Å²) in [6, 6.07) is 5.64. The van der Waals surface area contributed by atoms with E-state index in [0.29, 0.717) is 23.6 Å². The molecular formula is C25H32N2O9. The van der Waals surface area contributed by atoms with Crippen molar-refractivity contribution in [3.05, 3.63) is 62.5 Å². The highest BCUT2D eigenvalue weighted by Crippen LogP contribution is 2.43. The molecule has 1 aliphatic rings. The van der Waals surface area contributed by atoms with Gasteiger partial charge in [0, 0.05) is 30.1 Å². The first-order chi connectivity index (χ1) is 16.8. The van der Waals surface area contributed by atoms with E-state index < -0.39 is 41.0 Å². The number of hydrogen-bond acceptors (Lipinski definition) is 10. The lowest BCUT2D eigenvalue weighted by Crippen LogP contribution is -2.36. The van der Waals surface area contributed by atoms with E-state index in [1.807, 2.05) is 0 Å². The zero-order valence-electron chi connectivity index (χ0n) is 21.6. The molecule has 36 heavy (non-hydrogen) atoms. The summed E-state index contributed by atoms with van der Waals surface area (Å²) in [6.45, 7) is 9.86. The molecule has 0 bridgehead atoms. The van der Waals surface area contributed by atoms with Crippen LogP contribution in [0.15, 0.2) is 46.8 Å². The van der Waals surface area contributed by atoms with Gasteiger partial charge in [-0.15, -0.1) is 0 Å². The molecule has 11 heteroatoms. The first-order valence-electron chi connectivity index (χ1n) is 11.3. The van der Waals surface area contributed by atoms with Gasteiger partial charge in [-0.25, -0.2) is 9.59 Å². The first kappa shape index (κ1) is 28.5. The summed E-state index contributed by atoms with van der Waals surface area (Å²) in [5, 5.41) is 11.4. The second kappa shape index (κ2) is 11.8. The molecular weight excluding hydrogens is 472 g/mol. The summed E-state index contributed by atoms with van der Waals surface area (Å²) >= 11 is 0. The van der Waals surface area contributed by atoms with Crippen molar-refractivity contribution in [3.63, 3.8) is 0 Å². The highest BCUT2D eigenvalue weighted by molar-refractivity contribution is 6.00. The average Bonchev–Trinajstić information content (AvgIpc) is 2.82. The predicted octanol–water partition coefficient (Wildman–Crippen LogP) is 3.80. The van der Waals surface area contributed by atoms with Gasteiger partial charge in [0.25, 0.3) is 5.69 Å². The molecule has 0 spiro atoms. The number of methoxy groups -OCH3 is 1. The van der Waals surface area contributed by atoms with Gasteiger partial charge in [-0.1, -0.05) is 12.1 Å². The normalized spacial score (nSPS) is 16.1. The van der Waals surface area contributed by atoms with E-state index in [0.717, 1.165) is 0 Å². The lowest BCUT2D eigenvalue weighted by Gasteiger charge is -2.37. The molecule has 1 unspecified atom stereocenters. The number of nitro benzene ring substituents is 1. The van der Waals surface area contributed by atoms with Crippen molar-refractivity contribution in [3.8, 4) is 0 Å². The molecule has 11 nitrogen and oxygen atoms in total. The number of ether oxygens (including phenoxy) is 4. The lowest BCUT2D eigenvalue weighted by molar-refractivity contribution is -0.384. The lowest BCUT2D eigenvalue weighted by atomic mass is 9.79. The SMILES string of the molecule is CCOCN1C(C)=C(C(=O)OC)C(c2cccc([N+](=O)[O-])c2)C(C(=O)OCOC(=O)C(C)(C)C)=C1C. The molecule has 2 rings (SSSR count). The van der Waals surface area contributed by atoms with Crippen LogP contribution in [-0.2, 0) is 33.3 Å². The second-order valence-corrected chi connectivity index (χ2v) is 9.06. The minimum Gasteiger partial charge on any atom is -0.466 e. The van der Waals surface area contributed by atoms with Gasteiger partial charge in [-0.3, -0.25) is 14.9 Å². The number of allylic oxidation sites excluding steroid dienone is 2. The van der Waals surface area contributed by atoms with E-state index in [1.165, 1.54) is 25.3 Å². The van der Waals surface area contributed by atoms with Crippen molar-refractivity contribution in [1.29, 1.82) is 0 Å². The predicted molar refractivity (Wildman–Crippen MR) is 128 cm³/mol. The Morgan fingerprint density at radius 1 is 1.06 bits per heavy atom. The Balaban J connectivity index is 2.62. The Labute approximate surface area is 209 Å². The maximum atomic E-state index is 13.4. The van der Waals surface area contributed by atoms with Crippen LogP contribution in [0.2, 0.25) is 0 Å². The van der Waals surface area contributed by atoms with Crippen LogP contribution < -0.4 is 0 Å². The Hall–Kier alpha value is -3.73. The Morgan fingerprint density at radius 3 is 2.19 bits per heavy atom. The Morgan fingerprint density at radius 2 is 1.67 bits per heavy atom. The van der Waals surface area contributed by atoms with Crippen LogP contribution in [0.4, 0.5) is 5.69 Å². The maximum Gasteiger partial charge on any atom is 0.339 e. The minimum atomic E-state index is -1.04. The maximum absolute atomic E-state index is 13.4. The van der Waals surface area contributed by atoms with E-state index in [1.54, 1.807) is 52.5 Å². The number of nitrogens with zero attached hydrogens (tertiary/aromatic N) is 2. The van der Waals surface area contributed by atoms with Crippen molar-refractivity contribution < 1.29 is 38.3 Å². The minimum absolute atomic E-state index is 0.0338. The van der Waals surface area contributed by atoms with Crippen molar-refractivity contribution in [2.75, 3.05) is 27.2 Å². The smallest absolute Gasteiger partial charge is 0.339 e. The Kier molecular flexibility index (Phi) is 9.35. The first-order valence-corrected chi connectivity index (χ1v) is 11.3. The summed E-state index contributed by atoms with van der Waals surface area (Å²) in [5.74, 6) is -3.19. The monoisotopic (exact) mass is 504 g/mol.